The Kier molecular flexibility index (Phi) is 7.83. The van der Waals surface area contributed by atoms with Crippen LogP contribution in [0.1, 0.15) is 31.7 Å². The van der Waals surface area contributed by atoms with Crippen LogP contribution in [0.3, 0.4) is 0 Å². The number of amides is 2. The van der Waals surface area contributed by atoms with Crippen LogP contribution in [0.4, 0.5) is 10.1 Å². The highest BCUT2D eigenvalue weighted by Crippen LogP contribution is 2.42. The molecular weight excluding hydrogens is 437 g/mol. The smallest absolute Gasteiger partial charge is 0.265 e. The number of piperidine rings is 1. The minimum Gasteiger partial charge on any atom is -0.355 e. The van der Waals surface area contributed by atoms with Gasteiger partial charge >= 0.3 is 0 Å². The summed E-state index contributed by atoms with van der Waals surface area (Å²) in [5, 5.41) is 2.96. The molecule has 0 unspecified atom stereocenters. The van der Waals surface area contributed by atoms with Crippen molar-refractivity contribution in [3.05, 3.63) is 64.8 Å². The molecule has 5 nitrogen and oxygen atoms in total. The van der Waals surface area contributed by atoms with E-state index in [0.29, 0.717) is 22.7 Å². The van der Waals surface area contributed by atoms with Crippen LogP contribution in [-0.2, 0) is 9.59 Å². The first-order valence-electron chi connectivity index (χ1n) is 11.6. The molecule has 1 N–H and O–H groups in total. The van der Waals surface area contributed by atoms with Crippen molar-refractivity contribution in [3.63, 3.8) is 0 Å². The molecule has 0 atom stereocenters. The zero-order valence-electron chi connectivity index (χ0n) is 18.9. The fraction of sp³-hybridized carbons (Fsp3) is 0.385. The van der Waals surface area contributed by atoms with Gasteiger partial charge in [-0.05, 0) is 69.1 Å². The predicted molar refractivity (Wildman–Crippen MR) is 131 cm³/mol. The van der Waals surface area contributed by atoms with Gasteiger partial charge < -0.3 is 10.2 Å². The Morgan fingerprint density at radius 2 is 1.88 bits per heavy atom. The van der Waals surface area contributed by atoms with E-state index in [2.05, 4.69) is 17.1 Å². The van der Waals surface area contributed by atoms with E-state index in [1.54, 1.807) is 24.3 Å². The van der Waals surface area contributed by atoms with Crippen LogP contribution in [0.15, 0.2) is 58.3 Å². The molecule has 0 spiro atoms. The first kappa shape index (κ1) is 23.5. The summed E-state index contributed by atoms with van der Waals surface area (Å²) in [5.41, 5.74) is 1.06. The maximum atomic E-state index is 14.2. The highest BCUT2D eigenvalue weighted by Gasteiger charge is 2.30. The maximum Gasteiger partial charge on any atom is 0.265 e. The number of para-hydroxylation sites is 1. The van der Waals surface area contributed by atoms with Crippen molar-refractivity contribution >= 4 is 35.3 Å². The van der Waals surface area contributed by atoms with Crippen LogP contribution >= 0.6 is 11.8 Å². The number of hydrogen-bond acceptors (Lipinski definition) is 4. The van der Waals surface area contributed by atoms with Gasteiger partial charge in [0.25, 0.3) is 5.91 Å². The molecule has 2 aliphatic heterocycles. The van der Waals surface area contributed by atoms with Crippen molar-refractivity contribution in [3.8, 4) is 0 Å². The molecule has 2 heterocycles. The van der Waals surface area contributed by atoms with E-state index in [9.17, 15) is 14.0 Å². The summed E-state index contributed by atoms with van der Waals surface area (Å²) in [6.45, 7) is 6.05. The zero-order valence-corrected chi connectivity index (χ0v) is 19.7. The van der Waals surface area contributed by atoms with Crippen molar-refractivity contribution in [2.75, 3.05) is 37.6 Å². The van der Waals surface area contributed by atoms with Crippen molar-refractivity contribution in [2.45, 2.75) is 31.1 Å². The lowest BCUT2D eigenvalue weighted by Crippen LogP contribution is -2.43. The molecule has 2 aromatic rings. The summed E-state index contributed by atoms with van der Waals surface area (Å²) in [6.07, 6.45) is 4.93. The monoisotopic (exact) mass is 467 g/mol. The van der Waals surface area contributed by atoms with Crippen molar-refractivity contribution in [2.24, 2.45) is 5.92 Å². The Balaban J connectivity index is 1.39. The van der Waals surface area contributed by atoms with Crippen LogP contribution in [0.5, 0.6) is 0 Å². The second-order valence-electron chi connectivity index (χ2n) is 8.72. The first-order chi connectivity index (χ1) is 16.0. The van der Waals surface area contributed by atoms with E-state index >= 15 is 0 Å². The largest absolute Gasteiger partial charge is 0.355 e. The predicted octanol–water partition coefficient (Wildman–Crippen LogP) is 4.54. The Morgan fingerprint density at radius 3 is 2.67 bits per heavy atom. The molecule has 174 valence electrons. The summed E-state index contributed by atoms with van der Waals surface area (Å²) in [6, 6.07) is 13.8. The number of rotatable bonds is 7. The number of hydrogen-bond donors (Lipinski definition) is 1. The molecule has 2 aliphatic rings. The SMILES string of the molecule is CC1CCN(CCCNC(=O)CN2C(=O)/C(=C/c3ccccc3F)Sc3ccccc32)CC1. The number of anilines is 1. The van der Waals surface area contributed by atoms with Gasteiger partial charge in [0, 0.05) is 17.0 Å². The highest BCUT2D eigenvalue weighted by atomic mass is 32.2. The van der Waals surface area contributed by atoms with Crippen LogP contribution in [0, 0.1) is 11.7 Å². The molecule has 4 rings (SSSR count). The van der Waals surface area contributed by atoms with Gasteiger partial charge in [-0.15, -0.1) is 0 Å². The number of nitrogens with zero attached hydrogens (tertiary/aromatic N) is 2. The van der Waals surface area contributed by atoms with E-state index in [4.69, 9.17) is 0 Å². The molecule has 33 heavy (non-hydrogen) atoms. The zero-order chi connectivity index (χ0) is 23.2. The molecule has 2 amide bonds. The second kappa shape index (κ2) is 11.0. The Morgan fingerprint density at radius 1 is 1.15 bits per heavy atom. The number of carbonyl (C=O) groups excluding carboxylic acids is 2. The normalized spacial score (nSPS) is 18.4. The third-order valence-electron chi connectivity index (χ3n) is 6.17. The van der Waals surface area contributed by atoms with Gasteiger partial charge in [0.05, 0.1) is 10.6 Å². The van der Waals surface area contributed by atoms with Gasteiger partial charge in [-0.25, -0.2) is 4.39 Å². The minimum absolute atomic E-state index is 0.0632. The summed E-state index contributed by atoms with van der Waals surface area (Å²) < 4.78 is 14.2. The average Bonchev–Trinajstić information content (AvgIpc) is 2.82. The Hall–Kier alpha value is -2.64. The van der Waals surface area contributed by atoms with Crippen LogP contribution < -0.4 is 10.2 Å². The summed E-state index contributed by atoms with van der Waals surface area (Å²) in [5.74, 6) is -0.0618. The Labute approximate surface area is 199 Å². The van der Waals surface area contributed by atoms with Gasteiger partial charge in [-0.3, -0.25) is 14.5 Å². The third-order valence-corrected chi connectivity index (χ3v) is 7.25. The molecule has 1 saturated heterocycles. The highest BCUT2D eigenvalue weighted by molar-refractivity contribution is 8.04. The molecule has 0 radical (unpaired) electrons. The molecule has 0 aromatic heterocycles. The molecule has 2 aromatic carbocycles. The minimum atomic E-state index is -0.385. The Bertz CT molecular complexity index is 1030. The first-order valence-corrected chi connectivity index (χ1v) is 12.4. The molecular formula is C26H30FN3O2S. The fourth-order valence-corrected chi connectivity index (χ4v) is 5.22. The topological polar surface area (TPSA) is 52.7 Å². The number of thioether (sulfide) groups is 1. The molecule has 0 saturated carbocycles. The molecule has 0 bridgehead atoms. The number of likely N-dealkylation sites (tertiary alicyclic amines) is 1. The number of nitrogens with one attached hydrogen (secondary N) is 1. The number of benzene rings is 2. The molecule has 7 heteroatoms. The maximum absolute atomic E-state index is 14.2. The van der Waals surface area contributed by atoms with E-state index < -0.39 is 0 Å². The van der Waals surface area contributed by atoms with E-state index in [-0.39, 0.29) is 24.2 Å². The van der Waals surface area contributed by atoms with Crippen molar-refractivity contribution in [1.82, 2.24) is 10.2 Å². The van der Waals surface area contributed by atoms with E-state index in [0.717, 1.165) is 36.9 Å². The van der Waals surface area contributed by atoms with Crippen LogP contribution in [0.2, 0.25) is 0 Å². The third kappa shape index (κ3) is 6.03. The van der Waals surface area contributed by atoms with Crippen LogP contribution in [0.25, 0.3) is 6.08 Å². The van der Waals surface area contributed by atoms with Crippen molar-refractivity contribution < 1.29 is 14.0 Å². The van der Waals surface area contributed by atoms with E-state index in [1.165, 1.54) is 35.6 Å². The average molecular weight is 468 g/mol. The molecule has 0 aliphatic carbocycles. The number of carbonyl (C=O) groups is 2. The standard InChI is InChI=1S/C26H30FN3O2S/c1-19-11-15-29(16-12-19)14-6-13-28-25(31)18-30-22-9-4-5-10-23(22)33-24(26(30)32)17-20-7-2-3-8-21(20)27/h2-5,7-10,17,19H,6,11-16,18H2,1H3,(H,28,31)/b24-17-. The number of fused-ring (bicyclic) bond motifs is 1. The van der Waals surface area contributed by atoms with Crippen LogP contribution in [-0.4, -0.2) is 49.4 Å². The second-order valence-corrected chi connectivity index (χ2v) is 9.80. The summed E-state index contributed by atoms with van der Waals surface area (Å²) >= 11 is 1.30. The van der Waals surface area contributed by atoms with E-state index in [1.807, 2.05) is 24.3 Å². The quantitative estimate of drug-likeness (QED) is 0.480. The fourth-order valence-electron chi connectivity index (χ4n) is 4.17. The molecule has 1 fully saturated rings. The lowest BCUT2D eigenvalue weighted by atomic mass is 9.99. The lowest BCUT2D eigenvalue weighted by molar-refractivity contribution is -0.122. The van der Waals surface area contributed by atoms with Gasteiger partial charge in [0.2, 0.25) is 5.91 Å². The van der Waals surface area contributed by atoms with Gasteiger partial charge in [0.1, 0.15) is 12.4 Å². The van der Waals surface area contributed by atoms with Crippen molar-refractivity contribution in [1.29, 1.82) is 0 Å². The van der Waals surface area contributed by atoms with Gasteiger partial charge in [-0.1, -0.05) is 49.0 Å². The summed E-state index contributed by atoms with van der Waals surface area (Å²) in [4.78, 5) is 31.1. The lowest BCUT2D eigenvalue weighted by Gasteiger charge is -2.30. The van der Waals surface area contributed by atoms with Gasteiger partial charge in [-0.2, -0.15) is 0 Å². The number of halogens is 1. The van der Waals surface area contributed by atoms with Gasteiger partial charge in [0.15, 0.2) is 0 Å². The summed E-state index contributed by atoms with van der Waals surface area (Å²) in [7, 11) is 0.